The third-order valence-corrected chi connectivity index (χ3v) is 4.53. The summed E-state index contributed by atoms with van der Waals surface area (Å²) in [7, 11) is 0. The lowest BCUT2D eigenvalue weighted by Gasteiger charge is -2.23. The molecule has 1 saturated carbocycles. The van der Waals surface area contributed by atoms with Gasteiger partial charge < -0.3 is 4.74 Å². The number of hydrogen-bond donors (Lipinski definition) is 0. The highest BCUT2D eigenvalue weighted by atomic mass is 16.5. The molecule has 0 aromatic heterocycles. The molecule has 2 heteroatoms. The summed E-state index contributed by atoms with van der Waals surface area (Å²) < 4.78 is 6.32. The fourth-order valence-corrected chi connectivity index (χ4v) is 3.24. The van der Waals surface area contributed by atoms with Gasteiger partial charge in [-0.2, -0.15) is 0 Å². The highest BCUT2D eigenvalue weighted by Gasteiger charge is 2.26. The van der Waals surface area contributed by atoms with E-state index in [2.05, 4.69) is 0 Å². The molecule has 0 bridgehead atoms. The van der Waals surface area contributed by atoms with Gasteiger partial charge >= 0.3 is 0 Å². The minimum atomic E-state index is -0.498. The average molecular weight is 308 g/mol. The third-order valence-electron chi connectivity index (χ3n) is 4.53. The fourth-order valence-electron chi connectivity index (χ4n) is 3.24. The van der Waals surface area contributed by atoms with Gasteiger partial charge in [-0.15, -0.1) is 0 Å². The maximum Gasteiger partial charge on any atom is 0.196 e. The Bertz CT molecular complexity index is 598. The van der Waals surface area contributed by atoms with Gasteiger partial charge in [0.05, 0.1) is 6.10 Å². The van der Waals surface area contributed by atoms with Gasteiger partial charge in [-0.05, 0) is 18.4 Å². The predicted octanol–water partition coefficient (Wildman–Crippen LogP) is 5.35. The van der Waals surface area contributed by atoms with E-state index in [0.717, 1.165) is 24.0 Å². The first kappa shape index (κ1) is 15.9. The summed E-state index contributed by atoms with van der Waals surface area (Å²) in [5.74, 6) is 0.0565. The molecule has 0 amide bonds. The zero-order valence-corrected chi connectivity index (χ0v) is 13.5. The largest absolute Gasteiger partial charge is 0.362 e. The number of ketones is 1. The Morgan fingerprint density at radius 2 is 1.39 bits per heavy atom. The lowest BCUT2D eigenvalue weighted by Crippen LogP contribution is -2.23. The first-order chi connectivity index (χ1) is 11.3. The van der Waals surface area contributed by atoms with Crippen LogP contribution in [0.15, 0.2) is 60.7 Å². The van der Waals surface area contributed by atoms with Crippen LogP contribution >= 0.6 is 0 Å². The maximum absolute atomic E-state index is 13.0. The van der Waals surface area contributed by atoms with E-state index in [0.29, 0.717) is 0 Å². The highest BCUT2D eigenvalue weighted by Crippen LogP contribution is 2.29. The molecular weight excluding hydrogens is 284 g/mol. The molecule has 0 N–H and O–H groups in total. The Morgan fingerprint density at radius 1 is 0.826 bits per heavy atom. The van der Waals surface area contributed by atoms with Crippen molar-refractivity contribution in [3.8, 4) is 0 Å². The van der Waals surface area contributed by atoms with Crippen LogP contribution in [0.2, 0.25) is 0 Å². The van der Waals surface area contributed by atoms with Crippen molar-refractivity contribution < 1.29 is 9.53 Å². The van der Waals surface area contributed by atoms with Crippen LogP contribution in [0.1, 0.15) is 60.6 Å². The molecule has 0 aliphatic heterocycles. The molecule has 0 unspecified atom stereocenters. The Morgan fingerprint density at radius 3 is 2.00 bits per heavy atom. The first-order valence-electron chi connectivity index (χ1n) is 8.64. The SMILES string of the molecule is O=C(c1ccccc1)[C@@H](OC1CCCCCC1)c1ccccc1. The van der Waals surface area contributed by atoms with Crippen molar-refractivity contribution in [2.24, 2.45) is 0 Å². The molecule has 23 heavy (non-hydrogen) atoms. The second kappa shape index (κ2) is 8.07. The van der Waals surface area contributed by atoms with Gasteiger partial charge in [0.2, 0.25) is 0 Å². The summed E-state index contributed by atoms with van der Waals surface area (Å²) in [6.45, 7) is 0. The summed E-state index contributed by atoms with van der Waals surface area (Å²) in [4.78, 5) is 13.0. The summed E-state index contributed by atoms with van der Waals surface area (Å²) in [6.07, 6.45) is 6.77. The number of benzene rings is 2. The van der Waals surface area contributed by atoms with Crippen LogP contribution in [0.4, 0.5) is 0 Å². The van der Waals surface area contributed by atoms with E-state index in [9.17, 15) is 4.79 Å². The van der Waals surface area contributed by atoms with E-state index >= 15 is 0 Å². The Kier molecular flexibility index (Phi) is 5.60. The molecule has 1 aliphatic carbocycles. The first-order valence-corrected chi connectivity index (χ1v) is 8.64. The number of hydrogen-bond acceptors (Lipinski definition) is 2. The molecule has 2 aromatic carbocycles. The number of Topliss-reactive ketones (excluding diaryl/α,β-unsaturated/α-hetero) is 1. The molecule has 0 radical (unpaired) electrons. The monoisotopic (exact) mass is 308 g/mol. The lowest BCUT2D eigenvalue weighted by molar-refractivity contribution is -0.0106. The predicted molar refractivity (Wildman–Crippen MR) is 92.5 cm³/mol. The van der Waals surface area contributed by atoms with Crippen molar-refractivity contribution >= 4 is 5.78 Å². The summed E-state index contributed by atoms with van der Waals surface area (Å²) in [5, 5.41) is 0. The topological polar surface area (TPSA) is 26.3 Å². The Hall–Kier alpha value is -1.93. The molecule has 2 nitrogen and oxygen atoms in total. The fraction of sp³-hybridized carbons (Fsp3) is 0.381. The van der Waals surface area contributed by atoms with Gasteiger partial charge in [-0.1, -0.05) is 86.3 Å². The minimum absolute atomic E-state index is 0.0565. The number of carbonyl (C=O) groups excluding carboxylic acids is 1. The number of ether oxygens (including phenoxy) is 1. The van der Waals surface area contributed by atoms with Crippen molar-refractivity contribution in [2.75, 3.05) is 0 Å². The normalized spacial score (nSPS) is 17.4. The standard InChI is InChI=1S/C21H24O2/c22-20(17-11-5-3-6-12-17)21(18-13-7-4-8-14-18)23-19-15-9-1-2-10-16-19/h3-8,11-14,19,21H,1-2,9-10,15-16H2/t21-/m0/s1. The molecule has 2 aromatic rings. The molecule has 0 spiro atoms. The van der Waals surface area contributed by atoms with E-state index in [1.54, 1.807) is 0 Å². The Labute approximate surface area is 138 Å². The zero-order chi connectivity index (χ0) is 15.9. The summed E-state index contributed by atoms with van der Waals surface area (Å²) in [6, 6.07) is 19.4. The smallest absolute Gasteiger partial charge is 0.196 e. The molecule has 120 valence electrons. The number of rotatable bonds is 5. The number of carbonyl (C=O) groups is 1. The average Bonchev–Trinajstić information content (AvgIpc) is 2.89. The maximum atomic E-state index is 13.0. The van der Waals surface area contributed by atoms with E-state index in [1.807, 2.05) is 60.7 Å². The van der Waals surface area contributed by atoms with Crippen LogP contribution in [-0.4, -0.2) is 11.9 Å². The van der Waals surface area contributed by atoms with Crippen molar-refractivity contribution in [3.05, 3.63) is 71.8 Å². The Balaban J connectivity index is 1.83. The van der Waals surface area contributed by atoms with Crippen LogP contribution in [-0.2, 0) is 4.74 Å². The van der Waals surface area contributed by atoms with Crippen LogP contribution < -0.4 is 0 Å². The van der Waals surface area contributed by atoms with E-state index in [4.69, 9.17) is 4.74 Å². The van der Waals surface area contributed by atoms with Gasteiger partial charge in [0, 0.05) is 5.56 Å². The second-order valence-electron chi connectivity index (χ2n) is 6.27. The van der Waals surface area contributed by atoms with Crippen LogP contribution in [0.5, 0.6) is 0 Å². The molecule has 1 atom stereocenters. The van der Waals surface area contributed by atoms with Gasteiger partial charge in [0.25, 0.3) is 0 Å². The van der Waals surface area contributed by atoms with Gasteiger partial charge in [0.1, 0.15) is 6.10 Å². The van der Waals surface area contributed by atoms with Gasteiger partial charge in [0.15, 0.2) is 5.78 Å². The second-order valence-corrected chi connectivity index (χ2v) is 6.27. The summed E-state index contributed by atoms with van der Waals surface area (Å²) in [5.41, 5.74) is 1.67. The molecule has 0 heterocycles. The van der Waals surface area contributed by atoms with E-state index < -0.39 is 6.10 Å². The van der Waals surface area contributed by atoms with Crippen molar-refractivity contribution in [1.29, 1.82) is 0 Å². The van der Waals surface area contributed by atoms with Crippen molar-refractivity contribution in [3.63, 3.8) is 0 Å². The zero-order valence-electron chi connectivity index (χ0n) is 13.5. The van der Waals surface area contributed by atoms with Gasteiger partial charge in [-0.25, -0.2) is 0 Å². The van der Waals surface area contributed by atoms with Crippen LogP contribution in [0, 0.1) is 0 Å². The lowest BCUT2D eigenvalue weighted by atomic mass is 9.99. The molecular formula is C21H24O2. The molecule has 1 aliphatic rings. The third kappa shape index (κ3) is 4.29. The van der Waals surface area contributed by atoms with Gasteiger partial charge in [-0.3, -0.25) is 4.79 Å². The van der Waals surface area contributed by atoms with Crippen molar-refractivity contribution in [2.45, 2.75) is 50.7 Å². The minimum Gasteiger partial charge on any atom is -0.362 e. The highest BCUT2D eigenvalue weighted by molar-refractivity contribution is 6.00. The molecule has 3 rings (SSSR count). The van der Waals surface area contributed by atoms with Crippen molar-refractivity contribution in [1.82, 2.24) is 0 Å². The van der Waals surface area contributed by atoms with E-state index in [1.165, 1.54) is 25.7 Å². The van der Waals surface area contributed by atoms with E-state index in [-0.39, 0.29) is 11.9 Å². The summed E-state index contributed by atoms with van der Waals surface area (Å²) >= 11 is 0. The molecule has 1 fully saturated rings. The quantitative estimate of drug-likeness (QED) is 0.550. The van der Waals surface area contributed by atoms with Crippen LogP contribution in [0.25, 0.3) is 0 Å². The van der Waals surface area contributed by atoms with Crippen LogP contribution in [0.3, 0.4) is 0 Å². The molecule has 0 saturated heterocycles.